The fourth-order valence-corrected chi connectivity index (χ4v) is 3.60. The maximum Gasteiger partial charge on any atom is 0.152 e. The lowest BCUT2D eigenvalue weighted by molar-refractivity contribution is 0.155. The van der Waals surface area contributed by atoms with Crippen LogP contribution in [0.5, 0.6) is 5.75 Å². The molecule has 5 heteroatoms. The zero-order chi connectivity index (χ0) is 18.5. The quantitative estimate of drug-likeness (QED) is 0.684. The highest BCUT2D eigenvalue weighted by molar-refractivity contribution is 5.71. The number of ether oxygens (including phenoxy) is 1. The topological polar surface area (TPSA) is 52.0 Å². The van der Waals surface area contributed by atoms with Crippen LogP contribution >= 0.6 is 0 Å². The molecule has 5 nitrogen and oxygen atoms in total. The minimum absolute atomic E-state index is 0.365. The van der Waals surface area contributed by atoms with Crippen LogP contribution in [0.3, 0.4) is 0 Å². The molecule has 1 aromatic heterocycles. The predicted molar refractivity (Wildman–Crippen MR) is 108 cm³/mol. The molecule has 1 N–H and O–H groups in total. The van der Waals surface area contributed by atoms with Crippen LogP contribution in [0.4, 0.5) is 5.82 Å². The highest BCUT2D eigenvalue weighted by atomic mass is 16.5. The Balaban J connectivity index is 1.46. The van der Waals surface area contributed by atoms with Gasteiger partial charge in [0, 0.05) is 19.2 Å². The number of aryl methyl sites for hydroxylation is 1. The van der Waals surface area contributed by atoms with Crippen LogP contribution in [0.15, 0.2) is 54.6 Å². The van der Waals surface area contributed by atoms with Crippen molar-refractivity contribution in [2.45, 2.75) is 44.8 Å². The van der Waals surface area contributed by atoms with Crippen molar-refractivity contribution in [1.29, 1.82) is 0 Å². The second-order valence-electron chi connectivity index (χ2n) is 7.15. The molecule has 0 spiro atoms. The third-order valence-corrected chi connectivity index (χ3v) is 5.11. The molecule has 1 aliphatic carbocycles. The van der Waals surface area contributed by atoms with Gasteiger partial charge in [0.05, 0.1) is 6.10 Å². The van der Waals surface area contributed by atoms with E-state index in [0.717, 1.165) is 29.4 Å². The third kappa shape index (κ3) is 4.30. The van der Waals surface area contributed by atoms with E-state index in [-0.39, 0.29) is 0 Å². The van der Waals surface area contributed by atoms with Crippen LogP contribution in [0.2, 0.25) is 0 Å². The van der Waals surface area contributed by atoms with Crippen LogP contribution in [-0.2, 0) is 13.6 Å². The highest BCUT2D eigenvalue weighted by Crippen LogP contribution is 2.29. The van der Waals surface area contributed by atoms with E-state index in [1.54, 1.807) is 4.68 Å². The Kier molecular flexibility index (Phi) is 5.37. The summed E-state index contributed by atoms with van der Waals surface area (Å²) < 4.78 is 7.91. The van der Waals surface area contributed by atoms with E-state index < -0.39 is 0 Å². The second-order valence-corrected chi connectivity index (χ2v) is 7.15. The summed E-state index contributed by atoms with van der Waals surface area (Å²) in [5, 5.41) is 12.0. The molecule has 0 amide bonds. The lowest BCUT2D eigenvalue weighted by Gasteiger charge is -2.23. The summed E-state index contributed by atoms with van der Waals surface area (Å²) >= 11 is 0. The van der Waals surface area contributed by atoms with E-state index in [0.29, 0.717) is 6.10 Å². The SMILES string of the molecule is Cn1nnc(-c2ccc(OC3CCCCC3)cc2)c1NCc1ccccc1. The van der Waals surface area contributed by atoms with Crippen molar-refractivity contribution in [2.24, 2.45) is 7.05 Å². The number of hydrogen-bond donors (Lipinski definition) is 1. The van der Waals surface area contributed by atoms with Crippen molar-refractivity contribution in [1.82, 2.24) is 15.0 Å². The van der Waals surface area contributed by atoms with Crippen molar-refractivity contribution < 1.29 is 4.74 Å². The molecular formula is C22H26N4O. The average Bonchev–Trinajstić information content (AvgIpc) is 3.09. The number of rotatable bonds is 6. The largest absolute Gasteiger partial charge is 0.490 e. The third-order valence-electron chi connectivity index (χ3n) is 5.11. The maximum atomic E-state index is 6.13. The molecule has 4 rings (SSSR count). The minimum Gasteiger partial charge on any atom is -0.490 e. The van der Waals surface area contributed by atoms with E-state index in [1.807, 2.05) is 37.4 Å². The first-order chi connectivity index (χ1) is 13.3. The molecule has 0 atom stereocenters. The fourth-order valence-electron chi connectivity index (χ4n) is 3.60. The van der Waals surface area contributed by atoms with Crippen molar-refractivity contribution >= 4 is 5.82 Å². The normalized spacial score (nSPS) is 14.9. The number of benzene rings is 2. The first-order valence-electron chi connectivity index (χ1n) is 9.74. The number of anilines is 1. The Morgan fingerprint density at radius 2 is 1.74 bits per heavy atom. The number of hydrogen-bond acceptors (Lipinski definition) is 4. The molecule has 1 fully saturated rings. The lowest BCUT2D eigenvalue weighted by Crippen LogP contribution is -2.19. The first-order valence-corrected chi connectivity index (χ1v) is 9.74. The van der Waals surface area contributed by atoms with Gasteiger partial charge in [0.25, 0.3) is 0 Å². The van der Waals surface area contributed by atoms with Crippen LogP contribution < -0.4 is 10.1 Å². The summed E-state index contributed by atoms with van der Waals surface area (Å²) in [5.74, 6) is 1.85. The molecule has 0 aliphatic heterocycles. The van der Waals surface area contributed by atoms with Crippen LogP contribution in [-0.4, -0.2) is 21.1 Å². The van der Waals surface area contributed by atoms with Gasteiger partial charge in [-0.05, 0) is 55.5 Å². The lowest BCUT2D eigenvalue weighted by atomic mass is 9.98. The van der Waals surface area contributed by atoms with Crippen LogP contribution in [0.25, 0.3) is 11.3 Å². The van der Waals surface area contributed by atoms with Crippen molar-refractivity contribution in [3.05, 3.63) is 60.2 Å². The van der Waals surface area contributed by atoms with Gasteiger partial charge in [0.15, 0.2) is 5.82 Å². The van der Waals surface area contributed by atoms with Gasteiger partial charge in [0.1, 0.15) is 11.4 Å². The van der Waals surface area contributed by atoms with Crippen molar-refractivity contribution in [3.63, 3.8) is 0 Å². The standard InChI is InChI=1S/C22H26N4O/c1-26-22(23-16-17-8-4-2-5-9-17)21(24-25-26)18-12-14-20(15-13-18)27-19-10-6-3-7-11-19/h2,4-5,8-9,12-15,19,23H,3,6-7,10-11,16H2,1H3. The summed E-state index contributed by atoms with van der Waals surface area (Å²) in [7, 11) is 1.91. The smallest absolute Gasteiger partial charge is 0.152 e. The molecule has 1 heterocycles. The fraction of sp³-hybridized carbons (Fsp3) is 0.364. The Hall–Kier alpha value is -2.82. The molecule has 0 radical (unpaired) electrons. The van der Waals surface area contributed by atoms with E-state index in [2.05, 4.69) is 39.9 Å². The van der Waals surface area contributed by atoms with Gasteiger partial charge in [-0.1, -0.05) is 42.0 Å². The molecule has 0 unspecified atom stereocenters. The summed E-state index contributed by atoms with van der Waals surface area (Å²) in [6, 6.07) is 18.5. The summed E-state index contributed by atoms with van der Waals surface area (Å²) in [5.41, 5.74) is 3.12. The molecule has 140 valence electrons. The Morgan fingerprint density at radius 3 is 2.48 bits per heavy atom. The second kappa shape index (κ2) is 8.25. The van der Waals surface area contributed by atoms with Gasteiger partial charge in [-0.2, -0.15) is 0 Å². The molecule has 2 aromatic carbocycles. The predicted octanol–water partition coefficient (Wildman–Crippen LogP) is 4.81. The van der Waals surface area contributed by atoms with E-state index >= 15 is 0 Å². The van der Waals surface area contributed by atoms with Gasteiger partial charge in [-0.15, -0.1) is 5.10 Å². The molecule has 3 aromatic rings. The molecule has 1 saturated carbocycles. The highest BCUT2D eigenvalue weighted by Gasteiger charge is 2.16. The minimum atomic E-state index is 0.365. The van der Waals surface area contributed by atoms with Gasteiger partial charge in [-0.25, -0.2) is 4.68 Å². The zero-order valence-electron chi connectivity index (χ0n) is 15.8. The number of aromatic nitrogens is 3. The van der Waals surface area contributed by atoms with E-state index in [9.17, 15) is 0 Å². The first kappa shape index (κ1) is 17.6. The molecule has 0 saturated heterocycles. The van der Waals surface area contributed by atoms with Gasteiger partial charge in [-0.3, -0.25) is 0 Å². The van der Waals surface area contributed by atoms with Crippen LogP contribution in [0.1, 0.15) is 37.7 Å². The number of nitrogens with zero attached hydrogens (tertiary/aromatic N) is 3. The van der Waals surface area contributed by atoms with Gasteiger partial charge >= 0.3 is 0 Å². The molecule has 27 heavy (non-hydrogen) atoms. The monoisotopic (exact) mass is 362 g/mol. The summed E-state index contributed by atoms with van der Waals surface area (Å²) in [6.45, 7) is 0.734. The van der Waals surface area contributed by atoms with Crippen LogP contribution in [0, 0.1) is 0 Å². The summed E-state index contributed by atoms with van der Waals surface area (Å²) in [6.07, 6.45) is 6.59. The molecular weight excluding hydrogens is 336 g/mol. The Morgan fingerprint density at radius 1 is 1.00 bits per heavy atom. The molecule has 1 aliphatic rings. The van der Waals surface area contributed by atoms with Crippen molar-refractivity contribution in [3.8, 4) is 17.0 Å². The Bertz CT molecular complexity index is 852. The molecule has 0 bridgehead atoms. The number of nitrogens with one attached hydrogen (secondary N) is 1. The maximum absolute atomic E-state index is 6.13. The van der Waals surface area contributed by atoms with Crippen molar-refractivity contribution in [2.75, 3.05) is 5.32 Å². The van der Waals surface area contributed by atoms with Gasteiger partial charge in [0.2, 0.25) is 0 Å². The summed E-state index contributed by atoms with van der Waals surface area (Å²) in [4.78, 5) is 0. The van der Waals surface area contributed by atoms with E-state index in [1.165, 1.54) is 37.7 Å². The Labute approximate surface area is 160 Å². The average molecular weight is 362 g/mol. The van der Waals surface area contributed by atoms with E-state index in [4.69, 9.17) is 4.74 Å². The zero-order valence-corrected chi connectivity index (χ0v) is 15.8. The van der Waals surface area contributed by atoms with Gasteiger partial charge < -0.3 is 10.1 Å².